The van der Waals surface area contributed by atoms with Gasteiger partial charge in [-0.1, -0.05) is 91.0 Å². The van der Waals surface area contributed by atoms with E-state index in [9.17, 15) is 0 Å². The summed E-state index contributed by atoms with van der Waals surface area (Å²) < 4.78 is 25.1. The molecule has 0 aliphatic carbocycles. The van der Waals surface area contributed by atoms with Gasteiger partial charge in [-0.15, -0.1) is 11.8 Å². The third-order valence-corrected chi connectivity index (χ3v) is 6.31. The largest absolute Gasteiger partial charge is 0.374 e. The van der Waals surface area contributed by atoms with Crippen LogP contribution in [0, 0.1) is 0 Å². The van der Waals surface area contributed by atoms with E-state index in [0.717, 1.165) is 16.7 Å². The van der Waals surface area contributed by atoms with Crippen molar-refractivity contribution in [1.82, 2.24) is 0 Å². The molecular formula is C27H30O4S. The second-order valence-corrected chi connectivity index (χ2v) is 8.74. The molecule has 1 aliphatic rings. The lowest BCUT2D eigenvalue weighted by atomic mass is 10.1. The number of benzene rings is 3. The molecule has 1 fully saturated rings. The summed E-state index contributed by atoms with van der Waals surface area (Å²) in [5.41, 5.74) is 3.30. The molecule has 3 aromatic carbocycles. The van der Waals surface area contributed by atoms with Crippen molar-refractivity contribution >= 4 is 11.8 Å². The maximum Gasteiger partial charge on any atom is 0.132 e. The van der Waals surface area contributed by atoms with Crippen molar-refractivity contribution in [3.8, 4) is 0 Å². The van der Waals surface area contributed by atoms with Gasteiger partial charge in [-0.25, -0.2) is 0 Å². The zero-order chi connectivity index (χ0) is 22.0. The summed E-state index contributed by atoms with van der Waals surface area (Å²) in [4.78, 5) is 0. The van der Waals surface area contributed by atoms with Crippen molar-refractivity contribution < 1.29 is 18.9 Å². The Labute approximate surface area is 194 Å². The van der Waals surface area contributed by atoms with E-state index in [1.54, 1.807) is 11.8 Å². The first-order valence-electron chi connectivity index (χ1n) is 10.9. The molecule has 0 unspecified atom stereocenters. The SMILES string of the molecule is CS[C@H]1O[C@H](COCc2ccccc2)[C@@H](OCc2ccccc2)[C@@H]1OCc1ccccc1. The van der Waals surface area contributed by atoms with E-state index < -0.39 is 0 Å². The highest BCUT2D eigenvalue weighted by molar-refractivity contribution is 7.99. The molecule has 1 aliphatic heterocycles. The van der Waals surface area contributed by atoms with Gasteiger partial charge in [0.05, 0.1) is 26.4 Å². The molecule has 0 saturated carbocycles. The molecule has 4 rings (SSSR count). The van der Waals surface area contributed by atoms with Crippen molar-refractivity contribution in [3.05, 3.63) is 108 Å². The van der Waals surface area contributed by atoms with Crippen LogP contribution in [0.15, 0.2) is 91.0 Å². The Balaban J connectivity index is 1.42. The Hall–Kier alpha value is -2.15. The average molecular weight is 451 g/mol. The summed E-state index contributed by atoms with van der Waals surface area (Å²) in [6.07, 6.45) is 1.46. The third kappa shape index (κ3) is 6.44. The molecule has 3 aromatic rings. The van der Waals surface area contributed by atoms with Gasteiger partial charge in [0.1, 0.15) is 23.7 Å². The van der Waals surface area contributed by atoms with Crippen LogP contribution in [-0.2, 0) is 38.8 Å². The molecule has 0 aromatic heterocycles. The molecule has 1 saturated heterocycles. The van der Waals surface area contributed by atoms with Crippen LogP contribution in [-0.4, -0.2) is 36.6 Å². The van der Waals surface area contributed by atoms with Crippen molar-refractivity contribution in [2.24, 2.45) is 0 Å². The van der Waals surface area contributed by atoms with Crippen LogP contribution in [0.25, 0.3) is 0 Å². The van der Waals surface area contributed by atoms with E-state index >= 15 is 0 Å². The fourth-order valence-corrected chi connectivity index (χ4v) is 4.55. The minimum absolute atomic E-state index is 0.107. The summed E-state index contributed by atoms with van der Waals surface area (Å²) in [5, 5.41) is 0. The second-order valence-electron chi connectivity index (χ2n) is 7.80. The summed E-state index contributed by atoms with van der Waals surface area (Å²) >= 11 is 1.65. The highest BCUT2D eigenvalue weighted by atomic mass is 32.2. The summed E-state index contributed by atoms with van der Waals surface area (Å²) in [6.45, 7) is 2.03. The van der Waals surface area contributed by atoms with Crippen LogP contribution in [0.3, 0.4) is 0 Å². The fraction of sp³-hybridized carbons (Fsp3) is 0.333. The molecule has 168 valence electrons. The molecule has 0 N–H and O–H groups in total. The van der Waals surface area contributed by atoms with E-state index in [1.165, 1.54) is 0 Å². The Morgan fingerprint density at radius 3 is 1.62 bits per heavy atom. The number of thioether (sulfide) groups is 1. The first-order valence-corrected chi connectivity index (χ1v) is 12.2. The maximum absolute atomic E-state index is 6.39. The summed E-state index contributed by atoms with van der Waals surface area (Å²) in [6, 6.07) is 30.6. The lowest BCUT2D eigenvalue weighted by Crippen LogP contribution is -2.38. The number of ether oxygens (including phenoxy) is 4. The molecule has 4 atom stereocenters. The number of rotatable bonds is 11. The maximum atomic E-state index is 6.39. The number of hydrogen-bond donors (Lipinski definition) is 0. The molecule has 0 amide bonds. The molecule has 0 spiro atoms. The van der Waals surface area contributed by atoms with Gasteiger partial charge in [0.25, 0.3) is 0 Å². The highest BCUT2D eigenvalue weighted by Crippen LogP contribution is 2.33. The third-order valence-electron chi connectivity index (χ3n) is 5.46. The molecular weight excluding hydrogens is 420 g/mol. The van der Waals surface area contributed by atoms with Crippen LogP contribution in [0.1, 0.15) is 16.7 Å². The van der Waals surface area contributed by atoms with Crippen molar-refractivity contribution in [1.29, 1.82) is 0 Å². The Morgan fingerprint density at radius 1 is 0.656 bits per heavy atom. The van der Waals surface area contributed by atoms with Gasteiger partial charge >= 0.3 is 0 Å². The Bertz CT molecular complexity index is 907. The van der Waals surface area contributed by atoms with E-state index in [-0.39, 0.29) is 23.7 Å². The van der Waals surface area contributed by atoms with Crippen LogP contribution >= 0.6 is 11.8 Å². The lowest BCUT2D eigenvalue weighted by Gasteiger charge is -2.24. The van der Waals surface area contributed by atoms with E-state index in [1.807, 2.05) is 60.9 Å². The number of hydrogen-bond acceptors (Lipinski definition) is 5. The Kier molecular flexibility index (Phi) is 8.77. The minimum atomic E-state index is -0.216. The van der Waals surface area contributed by atoms with Gasteiger partial charge in [0.2, 0.25) is 0 Å². The smallest absolute Gasteiger partial charge is 0.132 e. The highest BCUT2D eigenvalue weighted by Gasteiger charge is 2.46. The zero-order valence-electron chi connectivity index (χ0n) is 18.3. The van der Waals surface area contributed by atoms with Crippen LogP contribution in [0.2, 0.25) is 0 Å². The normalized spacial score (nSPS) is 22.8. The van der Waals surface area contributed by atoms with Gasteiger partial charge in [-0.2, -0.15) is 0 Å². The standard InChI is InChI=1S/C27H30O4S/c1-32-27-26(30-19-23-15-9-4-10-16-23)25(29-18-22-13-7-3-8-14-22)24(31-27)20-28-17-21-11-5-2-6-12-21/h2-16,24-27H,17-20H2,1H3/t24-,25-,26+,27-/m1/s1. The van der Waals surface area contributed by atoms with Gasteiger partial charge in [-0.05, 0) is 22.9 Å². The van der Waals surface area contributed by atoms with Crippen LogP contribution in [0.5, 0.6) is 0 Å². The van der Waals surface area contributed by atoms with Gasteiger partial charge in [0.15, 0.2) is 0 Å². The van der Waals surface area contributed by atoms with Gasteiger partial charge in [-0.3, -0.25) is 0 Å². The summed E-state index contributed by atoms with van der Waals surface area (Å²) in [7, 11) is 0. The predicted octanol–water partition coefficient (Wildman–Crippen LogP) is 5.46. The van der Waals surface area contributed by atoms with Crippen LogP contribution in [0.4, 0.5) is 0 Å². The first-order chi connectivity index (χ1) is 15.8. The van der Waals surface area contributed by atoms with Gasteiger partial charge < -0.3 is 18.9 Å². The molecule has 1 heterocycles. The average Bonchev–Trinajstić information content (AvgIpc) is 3.19. The molecule has 0 radical (unpaired) electrons. The predicted molar refractivity (Wildman–Crippen MR) is 128 cm³/mol. The topological polar surface area (TPSA) is 36.9 Å². The lowest BCUT2D eigenvalue weighted by molar-refractivity contribution is -0.0895. The van der Waals surface area contributed by atoms with E-state index in [0.29, 0.717) is 26.4 Å². The first kappa shape index (κ1) is 23.0. The molecule has 0 bridgehead atoms. The second kappa shape index (κ2) is 12.2. The van der Waals surface area contributed by atoms with Crippen molar-refractivity contribution in [3.63, 3.8) is 0 Å². The van der Waals surface area contributed by atoms with Crippen LogP contribution < -0.4 is 0 Å². The van der Waals surface area contributed by atoms with Crippen molar-refractivity contribution in [2.45, 2.75) is 43.6 Å². The van der Waals surface area contributed by atoms with Gasteiger partial charge in [0, 0.05) is 0 Å². The fourth-order valence-electron chi connectivity index (χ4n) is 3.79. The van der Waals surface area contributed by atoms with Crippen molar-refractivity contribution in [2.75, 3.05) is 12.9 Å². The molecule has 4 nitrogen and oxygen atoms in total. The van der Waals surface area contributed by atoms with E-state index in [2.05, 4.69) is 36.4 Å². The monoisotopic (exact) mass is 450 g/mol. The summed E-state index contributed by atoms with van der Waals surface area (Å²) in [5.74, 6) is 0. The molecule has 5 heteroatoms. The quantitative estimate of drug-likeness (QED) is 0.388. The Morgan fingerprint density at radius 2 is 1.12 bits per heavy atom. The zero-order valence-corrected chi connectivity index (χ0v) is 19.2. The molecule has 32 heavy (non-hydrogen) atoms. The minimum Gasteiger partial charge on any atom is -0.374 e. The van der Waals surface area contributed by atoms with E-state index in [4.69, 9.17) is 18.9 Å².